The van der Waals surface area contributed by atoms with E-state index in [1.54, 1.807) is 7.11 Å². The van der Waals surface area contributed by atoms with Crippen molar-refractivity contribution < 1.29 is 23.8 Å². The van der Waals surface area contributed by atoms with Gasteiger partial charge in [-0.25, -0.2) is 0 Å². The number of benzene rings is 1. The Labute approximate surface area is 151 Å². The lowest BCUT2D eigenvalue weighted by Gasteiger charge is -2.13. The number of rotatable bonds is 8. The molecule has 1 aromatic carbocycles. The zero-order chi connectivity index (χ0) is 18.6. The fourth-order valence-electron chi connectivity index (χ4n) is 2.58. The first-order valence-electron chi connectivity index (χ1n) is 8.28. The SMILES string of the molecule is CCC(CC(=O)c1cc2cc(OC(C)C)c(OC)cc2s1)C(=O)OC. The quantitative estimate of drug-likeness (QED) is 0.511. The third-order valence-electron chi connectivity index (χ3n) is 3.90. The smallest absolute Gasteiger partial charge is 0.309 e. The highest BCUT2D eigenvalue weighted by atomic mass is 32.1. The van der Waals surface area contributed by atoms with E-state index in [0.29, 0.717) is 22.8 Å². The summed E-state index contributed by atoms with van der Waals surface area (Å²) in [4.78, 5) is 24.9. The molecule has 0 spiro atoms. The number of thiophene rings is 1. The molecule has 0 aliphatic rings. The Balaban J connectivity index is 2.30. The Bertz CT molecular complexity index is 763. The predicted molar refractivity (Wildman–Crippen MR) is 98.9 cm³/mol. The second-order valence-electron chi connectivity index (χ2n) is 6.07. The molecule has 5 nitrogen and oxygen atoms in total. The fourth-order valence-corrected chi connectivity index (χ4v) is 3.60. The molecule has 2 rings (SSSR count). The van der Waals surface area contributed by atoms with Gasteiger partial charge in [-0.1, -0.05) is 6.92 Å². The third-order valence-corrected chi connectivity index (χ3v) is 5.04. The van der Waals surface area contributed by atoms with E-state index < -0.39 is 5.92 Å². The number of methoxy groups -OCH3 is 2. The van der Waals surface area contributed by atoms with Crippen LogP contribution >= 0.6 is 11.3 Å². The van der Waals surface area contributed by atoms with Crippen molar-refractivity contribution in [2.24, 2.45) is 5.92 Å². The molecule has 0 N–H and O–H groups in total. The van der Waals surface area contributed by atoms with Gasteiger partial charge >= 0.3 is 5.97 Å². The van der Waals surface area contributed by atoms with Crippen LogP contribution < -0.4 is 9.47 Å². The van der Waals surface area contributed by atoms with E-state index in [2.05, 4.69) is 0 Å². The number of esters is 1. The monoisotopic (exact) mass is 364 g/mol. The Morgan fingerprint density at radius 3 is 2.40 bits per heavy atom. The molecule has 6 heteroatoms. The molecule has 1 aromatic heterocycles. The van der Waals surface area contributed by atoms with Crippen molar-refractivity contribution in [2.75, 3.05) is 14.2 Å². The van der Waals surface area contributed by atoms with Crippen LogP contribution in [0.15, 0.2) is 18.2 Å². The summed E-state index contributed by atoms with van der Waals surface area (Å²) in [5.74, 6) is 0.498. The maximum atomic E-state index is 12.6. The summed E-state index contributed by atoms with van der Waals surface area (Å²) in [6.45, 7) is 5.77. The number of carbonyl (C=O) groups excluding carboxylic acids is 2. The second kappa shape index (κ2) is 8.34. The molecule has 136 valence electrons. The van der Waals surface area contributed by atoms with Gasteiger partial charge in [0.05, 0.1) is 31.1 Å². The first-order valence-corrected chi connectivity index (χ1v) is 9.10. The summed E-state index contributed by atoms with van der Waals surface area (Å²) in [5.41, 5.74) is 0. The highest BCUT2D eigenvalue weighted by molar-refractivity contribution is 7.20. The van der Waals surface area contributed by atoms with Gasteiger partial charge in [0.2, 0.25) is 0 Å². The predicted octanol–water partition coefficient (Wildman–Crippen LogP) is 4.47. The average Bonchev–Trinajstić information content (AvgIpc) is 3.00. The lowest BCUT2D eigenvalue weighted by Crippen LogP contribution is -2.18. The summed E-state index contributed by atoms with van der Waals surface area (Å²) >= 11 is 1.40. The zero-order valence-electron chi connectivity index (χ0n) is 15.3. The van der Waals surface area contributed by atoms with Crippen LogP contribution in [-0.2, 0) is 9.53 Å². The van der Waals surface area contributed by atoms with Gasteiger partial charge in [-0.2, -0.15) is 0 Å². The van der Waals surface area contributed by atoms with Gasteiger partial charge in [0, 0.05) is 17.2 Å². The van der Waals surface area contributed by atoms with Gasteiger partial charge < -0.3 is 14.2 Å². The van der Waals surface area contributed by atoms with Crippen LogP contribution in [-0.4, -0.2) is 32.1 Å². The molecule has 25 heavy (non-hydrogen) atoms. The highest BCUT2D eigenvalue weighted by Crippen LogP contribution is 2.37. The molecule has 1 atom stereocenters. The van der Waals surface area contributed by atoms with Crippen molar-refractivity contribution in [3.8, 4) is 11.5 Å². The maximum absolute atomic E-state index is 12.6. The number of Topliss-reactive ketones (excluding diaryl/α,β-unsaturated/α-hetero) is 1. The molecule has 1 heterocycles. The largest absolute Gasteiger partial charge is 0.493 e. The van der Waals surface area contributed by atoms with Crippen LogP contribution in [0.1, 0.15) is 43.3 Å². The Morgan fingerprint density at radius 2 is 1.84 bits per heavy atom. The summed E-state index contributed by atoms with van der Waals surface area (Å²) in [6, 6.07) is 5.62. The number of carbonyl (C=O) groups is 2. The Hall–Kier alpha value is -2.08. The molecule has 0 radical (unpaired) electrons. The van der Waals surface area contributed by atoms with Gasteiger partial charge in [-0.15, -0.1) is 11.3 Å². The minimum absolute atomic E-state index is 0.0245. The Kier molecular flexibility index (Phi) is 6.42. The molecular formula is C19H24O5S. The molecule has 0 amide bonds. The third kappa shape index (κ3) is 4.51. The second-order valence-corrected chi connectivity index (χ2v) is 7.16. The number of ether oxygens (including phenoxy) is 3. The summed E-state index contributed by atoms with van der Waals surface area (Å²) in [5, 5.41) is 0.927. The molecule has 0 bridgehead atoms. The molecular weight excluding hydrogens is 340 g/mol. The van der Waals surface area contributed by atoms with Crippen LogP contribution in [0.25, 0.3) is 10.1 Å². The van der Waals surface area contributed by atoms with Gasteiger partial charge in [-0.3, -0.25) is 9.59 Å². The lowest BCUT2D eigenvalue weighted by molar-refractivity contribution is -0.145. The molecule has 2 aromatic rings. The van der Waals surface area contributed by atoms with Gasteiger partial charge in [-0.05, 0) is 37.8 Å². The van der Waals surface area contributed by atoms with Crippen LogP contribution in [0.2, 0.25) is 0 Å². The number of hydrogen-bond donors (Lipinski definition) is 0. The van der Waals surface area contributed by atoms with E-state index >= 15 is 0 Å². The van der Waals surface area contributed by atoms with Gasteiger partial charge in [0.1, 0.15) is 0 Å². The number of ketones is 1. The summed E-state index contributed by atoms with van der Waals surface area (Å²) < 4.78 is 16.9. The van der Waals surface area contributed by atoms with Crippen molar-refractivity contribution >= 4 is 33.2 Å². The average molecular weight is 364 g/mol. The van der Waals surface area contributed by atoms with E-state index in [1.807, 2.05) is 39.0 Å². The van der Waals surface area contributed by atoms with Crippen molar-refractivity contribution in [3.05, 3.63) is 23.1 Å². The maximum Gasteiger partial charge on any atom is 0.309 e. The van der Waals surface area contributed by atoms with Crippen molar-refractivity contribution in [3.63, 3.8) is 0 Å². The molecule has 0 aliphatic heterocycles. The van der Waals surface area contributed by atoms with Crippen molar-refractivity contribution in [1.29, 1.82) is 0 Å². The topological polar surface area (TPSA) is 61.8 Å². The standard InChI is InChI=1S/C19H24O5S/c1-6-12(19(21)23-5)7-14(20)18-9-13-8-16(24-11(2)3)15(22-4)10-17(13)25-18/h8-12H,6-7H2,1-5H3. The number of fused-ring (bicyclic) bond motifs is 1. The Morgan fingerprint density at radius 1 is 1.12 bits per heavy atom. The molecule has 0 aliphatic carbocycles. The molecule has 0 fully saturated rings. The van der Waals surface area contributed by atoms with E-state index in [4.69, 9.17) is 14.2 Å². The highest BCUT2D eigenvalue weighted by Gasteiger charge is 2.23. The van der Waals surface area contributed by atoms with E-state index in [-0.39, 0.29) is 24.3 Å². The minimum atomic E-state index is -0.405. The summed E-state index contributed by atoms with van der Waals surface area (Å²) in [6.07, 6.45) is 0.753. The lowest BCUT2D eigenvalue weighted by atomic mass is 9.99. The van der Waals surface area contributed by atoms with Crippen LogP contribution in [0.4, 0.5) is 0 Å². The van der Waals surface area contributed by atoms with Gasteiger partial charge in [0.15, 0.2) is 17.3 Å². The molecule has 0 saturated carbocycles. The van der Waals surface area contributed by atoms with Crippen LogP contribution in [0, 0.1) is 5.92 Å². The van der Waals surface area contributed by atoms with E-state index in [0.717, 1.165) is 10.1 Å². The number of hydrogen-bond acceptors (Lipinski definition) is 6. The van der Waals surface area contributed by atoms with Crippen LogP contribution in [0.3, 0.4) is 0 Å². The summed E-state index contributed by atoms with van der Waals surface area (Å²) in [7, 11) is 2.94. The van der Waals surface area contributed by atoms with Crippen LogP contribution in [0.5, 0.6) is 11.5 Å². The zero-order valence-corrected chi connectivity index (χ0v) is 16.1. The normalized spacial score (nSPS) is 12.2. The first kappa shape index (κ1) is 19.2. The first-order chi connectivity index (χ1) is 11.9. The van der Waals surface area contributed by atoms with Gasteiger partial charge in [0.25, 0.3) is 0 Å². The van der Waals surface area contributed by atoms with Crippen molar-refractivity contribution in [2.45, 2.75) is 39.7 Å². The minimum Gasteiger partial charge on any atom is -0.493 e. The fraction of sp³-hybridized carbons (Fsp3) is 0.474. The van der Waals surface area contributed by atoms with E-state index in [9.17, 15) is 9.59 Å². The molecule has 1 unspecified atom stereocenters. The molecule has 0 saturated heterocycles. The van der Waals surface area contributed by atoms with Crippen molar-refractivity contribution in [1.82, 2.24) is 0 Å². The van der Waals surface area contributed by atoms with E-state index in [1.165, 1.54) is 18.4 Å².